The first-order valence-electron chi connectivity index (χ1n) is 4.26. The van der Waals surface area contributed by atoms with E-state index in [1.807, 2.05) is 6.92 Å². The van der Waals surface area contributed by atoms with Gasteiger partial charge in [-0.2, -0.15) is 13.2 Å². The van der Waals surface area contributed by atoms with Crippen LogP contribution >= 0.6 is 11.3 Å². The zero-order valence-electron chi connectivity index (χ0n) is 7.64. The molecular formula is C9H11F3OS. The van der Waals surface area contributed by atoms with Crippen molar-refractivity contribution < 1.29 is 18.3 Å². The van der Waals surface area contributed by atoms with E-state index in [9.17, 15) is 18.3 Å². The van der Waals surface area contributed by atoms with Gasteiger partial charge in [0.25, 0.3) is 0 Å². The fourth-order valence-electron chi connectivity index (χ4n) is 1.08. The molecule has 0 aliphatic heterocycles. The fraction of sp³-hybridized carbons (Fsp3) is 0.556. The quantitative estimate of drug-likeness (QED) is 0.835. The van der Waals surface area contributed by atoms with Crippen molar-refractivity contribution in [3.63, 3.8) is 0 Å². The molecular weight excluding hydrogens is 213 g/mol. The van der Waals surface area contributed by atoms with Gasteiger partial charge in [0.05, 0.1) is 12.5 Å². The summed E-state index contributed by atoms with van der Waals surface area (Å²) < 4.78 is 35.8. The minimum atomic E-state index is -4.31. The van der Waals surface area contributed by atoms with Crippen LogP contribution in [-0.4, -0.2) is 11.3 Å². The van der Waals surface area contributed by atoms with Gasteiger partial charge in [0, 0.05) is 9.75 Å². The molecule has 0 aliphatic rings. The molecule has 80 valence electrons. The Labute approximate surface area is 84.2 Å². The third kappa shape index (κ3) is 3.31. The minimum absolute atomic E-state index is 0.388. The molecule has 0 aliphatic carbocycles. The van der Waals surface area contributed by atoms with Gasteiger partial charge in [-0.3, -0.25) is 0 Å². The van der Waals surface area contributed by atoms with E-state index in [1.54, 1.807) is 12.1 Å². The van der Waals surface area contributed by atoms with Crippen LogP contribution < -0.4 is 0 Å². The zero-order valence-corrected chi connectivity index (χ0v) is 8.45. The second kappa shape index (κ2) is 4.31. The van der Waals surface area contributed by atoms with Gasteiger partial charge in [-0.15, -0.1) is 11.3 Å². The summed E-state index contributed by atoms with van der Waals surface area (Å²) in [5.41, 5.74) is 0. The Morgan fingerprint density at radius 2 is 2.07 bits per heavy atom. The average Bonchev–Trinajstić information content (AvgIpc) is 2.48. The molecule has 0 bridgehead atoms. The summed E-state index contributed by atoms with van der Waals surface area (Å²) in [7, 11) is 0. The number of thiophene rings is 1. The maximum absolute atomic E-state index is 11.9. The number of alkyl halides is 3. The Bertz CT molecular complexity index is 292. The minimum Gasteiger partial charge on any atom is -0.387 e. The molecule has 0 radical (unpaired) electrons. The maximum Gasteiger partial charge on any atom is 0.391 e. The highest BCUT2D eigenvalue weighted by Crippen LogP contribution is 2.32. The zero-order chi connectivity index (χ0) is 10.8. The largest absolute Gasteiger partial charge is 0.391 e. The van der Waals surface area contributed by atoms with E-state index in [0.717, 1.165) is 11.3 Å². The van der Waals surface area contributed by atoms with E-state index >= 15 is 0 Å². The van der Waals surface area contributed by atoms with Crippen molar-refractivity contribution in [1.82, 2.24) is 0 Å². The first kappa shape index (κ1) is 11.5. The third-order valence-electron chi connectivity index (χ3n) is 1.78. The highest BCUT2D eigenvalue weighted by atomic mass is 32.1. The molecule has 1 aromatic rings. The Hall–Kier alpha value is -0.550. The number of halogens is 3. The maximum atomic E-state index is 11.9. The van der Waals surface area contributed by atoms with Gasteiger partial charge in [0.15, 0.2) is 0 Å². The molecule has 5 heteroatoms. The standard InChI is InChI=1S/C9H11F3OS/c1-2-6-3-4-8(14-6)7(13)5-9(10,11)12/h3-4,7,13H,2,5H2,1H3. The summed E-state index contributed by atoms with van der Waals surface area (Å²) >= 11 is 1.23. The summed E-state index contributed by atoms with van der Waals surface area (Å²) in [5, 5.41) is 9.26. The van der Waals surface area contributed by atoms with Crippen molar-refractivity contribution in [2.45, 2.75) is 32.0 Å². The first-order chi connectivity index (χ1) is 6.42. The van der Waals surface area contributed by atoms with Crippen LogP contribution in [0.1, 0.15) is 29.2 Å². The molecule has 0 spiro atoms. The topological polar surface area (TPSA) is 20.2 Å². The molecule has 1 N–H and O–H groups in total. The number of hydrogen-bond acceptors (Lipinski definition) is 2. The normalized spacial score (nSPS) is 14.4. The highest BCUT2D eigenvalue weighted by Gasteiger charge is 2.32. The van der Waals surface area contributed by atoms with Crippen LogP contribution in [0, 0.1) is 0 Å². The summed E-state index contributed by atoms with van der Waals surface area (Å²) in [6.45, 7) is 1.92. The van der Waals surface area contributed by atoms with Crippen molar-refractivity contribution in [3.05, 3.63) is 21.9 Å². The van der Waals surface area contributed by atoms with Crippen LogP contribution in [0.4, 0.5) is 13.2 Å². The Balaban J connectivity index is 2.65. The smallest absolute Gasteiger partial charge is 0.387 e. The van der Waals surface area contributed by atoms with Crippen molar-refractivity contribution in [1.29, 1.82) is 0 Å². The van der Waals surface area contributed by atoms with Crippen molar-refractivity contribution in [3.8, 4) is 0 Å². The fourth-order valence-corrected chi connectivity index (χ4v) is 2.02. The second-order valence-corrected chi connectivity index (χ2v) is 4.19. The molecule has 1 aromatic heterocycles. The van der Waals surface area contributed by atoms with E-state index in [-0.39, 0.29) is 0 Å². The molecule has 0 fully saturated rings. The summed E-state index contributed by atoms with van der Waals surface area (Å²) in [5.74, 6) is 0. The van der Waals surface area contributed by atoms with Crippen molar-refractivity contribution in [2.75, 3.05) is 0 Å². The SMILES string of the molecule is CCc1ccc(C(O)CC(F)(F)F)s1. The highest BCUT2D eigenvalue weighted by molar-refractivity contribution is 7.12. The molecule has 0 saturated carbocycles. The molecule has 14 heavy (non-hydrogen) atoms. The Kier molecular flexibility index (Phi) is 3.55. The molecule has 1 atom stereocenters. The van der Waals surface area contributed by atoms with Gasteiger partial charge in [0.1, 0.15) is 0 Å². The summed E-state index contributed by atoms with van der Waals surface area (Å²) in [6.07, 6.45) is -6.11. The summed E-state index contributed by atoms with van der Waals surface area (Å²) in [4.78, 5) is 1.38. The van der Waals surface area contributed by atoms with Crippen LogP contribution in [-0.2, 0) is 6.42 Å². The van der Waals surface area contributed by atoms with Crippen LogP contribution in [0.2, 0.25) is 0 Å². The predicted molar refractivity (Wildman–Crippen MR) is 49.3 cm³/mol. The number of hydrogen-bond donors (Lipinski definition) is 1. The van der Waals surface area contributed by atoms with Gasteiger partial charge < -0.3 is 5.11 Å². The average molecular weight is 224 g/mol. The van der Waals surface area contributed by atoms with E-state index < -0.39 is 18.7 Å². The van der Waals surface area contributed by atoms with Gasteiger partial charge in [-0.05, 0) is 18.6 Å². The number of aliphatic hydroxyl groups excluding tert-OH is 1. The van der Waals surface area contributed by atoms with Crippen LogP contribution in [0.3, 0.4) is 0 Å². The molecule has 1 heterocycles. The van der Waals surface area contributed by atoms with E-state index in [2.05, 4.69) is 0 Å². The lowest BCUT2D eigenvalue weighted by Crippen LogP contribution is -2.12. The Morgan fingerprint density at radius 3 is 2.50 bits per heavy atom. The molecule has 0 amide bonds. The molecule has 1 unspecified atom stereocenters. The van der Waals surface area contributed by atoms with E-state index in [0.29, 0.717) is 4.88 Å². The monoisotopic (exact) mass is 224 g/mol. The van der Waals surface area contributed by atoms with Gasteiger partial charge in [-0.25, -0.2) is 0 Å². The third-order valence-corrected chi connectivity index (χ3v) is 3.11. The van der Waals surface area contributed by atoms with Gasteiger partial charge >= 0.3 is 6.18 Å². The van der Waals surface area contributed by atoms with E-state index in [4.69, 9.17) is 0 Å². The summed E-state index contributed by atoms with van der Waals surface area (Å²) in [6, 6.07) is 3.31. The molecule has 0 aromatic carbocycles. The Morgan fingerprint density at radius 1 is 1.43 bits per heavy atom. The van der Waals surface area contributed by atoms with Gasteiger partial charge in [-0.1, -0.05) is 6.92 Å². The van der Waals surface area contributed by atoms with Crippen molar-refractivity contribution >= 4 is 11.3 Å². The van der Waals surface area contributed by atoms with E-state index in [1.165, 1.54) is 11.3 Å². The van der Waals surface area contributed by atoms with Crippen LogP contribution in [0.15, 0.2) is 12.1 Å². The molecule has 1 rings (SSSR count). The number of rotatable bonds is 3. The van der Waals surface area contributed by atoms with Crippen LogP contribution in [0.25, 0.3) is 0 Å². The van der Waals surface area contributed by atoms with Gasteiger partial charge in [0.2, 0.25) is 0 Å². The van der Waals surface area contributed by atoms with Crippen LogP contribution in [0.5, 0.6) is 0 Å². The lowest BCUT2D eigenvalue weighted by atomic mass is 10.2. The van der Waals surface area contributed by atoms with Crippen molar-refractivity contribution in [2.24, 2.45) is 0 Å². The predicted octanol–water partition coefficient (Wildman–Crippen LogP) is 3.30. The number of aliphatic hydroxyl groups is 1. The molecule has 0 saturated heterocycles. The number of aryl methyl sites for hydroxylation is 1. The lowest BCUT2D eigenvalue weighted by molar-refractivity contribution is -0.153. The first-order valence-corrected chi connectivity index (χ1v) is 5.07. The molecule has 1 nitrogen and oxygen atoms in total. The second-order valence-electron chi connectivity index (χ2n) is 2.99. The lowest BCUT2D eigenvalue weighted by Gasteiger charge is -2.10.